The van der Waals surface area contributed by atoms with Gasteiger partial charge in [-0.1, -0.05) is 34.1 Å². The highest BCUT2D eigenvalue weighted by Crippen LogP contribution is 2.25. The Hall–Kier alpha value is -0.420. The van der Waals surface area contributed by atoms with Crippen LogP contribution in [0.3, 0.4) is 0 Å². The quantitative estimate of drug-likeness (QED) is 0.846. The molecule has 0 aromatic heterocycles. The summed E-state index contributed by atoms with van der Waals surface area (Å²) in [5, 5.41) is 19.1. The van der Waals surface area contributed by atoms with E-state index in [-0.39, 0.29) is 12.6 Å². The summed E-state index contributed by atoms with van der Waals surface area (Å²) in [5.74, 6) is 0. The van der Waals surface area contributed by atoms with Crippen molar-refractivity contribution in [2.24, 2.45) is 0 Å². The SMILES string of the molecule is CC(CO)N(C)CCC(O)c1ccccc1Br. The van der Waals surface area contributed by atoms with Crippen molar-refractivity contribution in [3.8, 4) is 0 Å². The van der Waals surface area contributed by atoms with Crippen molar-refractivity contribution in [2.45, 2.75) is 25.5 Å². The first-order chi connectivity index (χ1) is 8.06. The minimum Gasteiger partial charge on any atom is -0.395 e. The lowest BCUT2D eigenvalue weighted by atomic mass is 10.1. The maximum Gasteiger partial charge on any atom is 0.0813 e. The highest BCUT2D eigenvalue weighted by Gasteiger charge is 2.13. The number of likely N-dealkylation sites (N-methyl/N-ethyl adjacent to an activating group) is 1. The summed E-state index contributed by atoms with van der Waals surface area (Å²) in [4.78, 5) is 2.04. The fraction of sp³-hybridized carbons (Fsp3) is 0.538. The van der Waals surface area contributed by atoms with E-state index in [1.807, 2.05) is 43.1 Å². The van der Waals surface area contributed by atoms with E-state index in [4.69, 9.17) is 5.11 Å². The lowest BCUT2D eigenvalue weighted by molar-refractivity contribution is 0.117. The van der Waals surface area contributed by atoms with Crippen molar-refractivity contribution in [1.82, 2.24) is 4.90 Å². The van der Waals surface area contributed by atoms with Gasteiger partial charge in [-0.3, -0.25) is 0 Å². The van der Waals surface area contributed by atoms with Crippen LogP contribution in [0.15, 0.2) is 28.7 Å². The second-order valence-electron chi connectivity index (χ2n) is 4.34. The van der Waals surface area contributed by atoms with E-state index in [2.05, 4.69) is 15.9 Å². The fourth-order valence-electron chi connectivity index (χ4n) is 1.59. The molecule has 17 heavy (non-hydrogen) atoms. The summed E-state index contributed by atoms with van der Waals surface area (Å²) >= 11 is 3.43. The van der Waals surface area contributed by atoms with Crippen molar-refractivity contribution in [2.75, 3.05) is 20.2 Å². The van der Waals surface area contributed by atoms with Gasteiger partial charge in [0.05, 0.1) is 12.7 Å². The topological polar surface area (TPSA) is 43.7 Å². The van der Waals surface area contributed by atoms with Crippen LogP contribution in [0.5, 0.6) is 0 Å². The van der Waals surface area contributed by atoms with E-state index in [1.165, 1.54) is 0 Å². The van der Waals surface area contributed by atoms with Crippen LogP contribution in [-0.4, -0.2) is 41.4 Å². The zero-order valence-corrected chi connectivity index (χ0v) is 11.9. The van der Waals surface area contributed by atoms with Crippen LogP contribution < -0.4 is 0 Å². The van der Waals surface area contributed by atoms with E-state index in [0.717, 1.165) is 16.6 Å². The molecule has 1 aromatic carbocycles. The van der Waals surface area contributed by atoms with Gasteiger partial charge in [0.25, 0.3) is 0 Å². The minimum atomic E-state index is -0.473. The van der Waals surface area contributed by atoms with Gasteiger partial charge in [0.1, 0.15) is 0 Å². The van der Waals surface area contributed by atoms with Crippen molar-refractivity contribution in [3.05, 3.63) is 34.3 Å². The third-order valence-electron chi connectivity index (χ3n) is 3.04. The molecule has 2 N–H and O–H groups in total. The summed E-state index contributed by atoms with van der Waals surface area (Å²) < 4.78 is 0.936. The van der Waals surface area contributed by atoms with Gasteiger partial charge >= 0.3 is 0 Å². The summed E-state index contributed by atoms with van der Waals surface area (Å²) in [7, 11) is 1.95. The Bertz CT molecular complexity index is 346. The van der Waals surface area contributed by atoms with Gasteiger partial charge in [0.15, 0.2) is 0 Å². The molecule has 0 radical (unpaired) electrons. The van der Waals surface area contributed by atoms with E-state index >= 15 is 0 Å². The normalized spacial score (nSPS) is 14.9. The fourth-order valence-corrected chi connectivity index (χ4v) is 2.14. The van der Waals surface area contributed by atoms with Gasteiger partial charge in [-0.05, 0) is 32.0 Å². The molecule has 1 rings (SSSR count). The number of benzene rings is 1. The number of halogens is 1. The predicted molar refractivity (Wildman–Crippen MR) is 72.9 cm³/mol. The molecule has 0 bridgehead atoms. The highest BCUT2D eigenvalue weighted by atomic mass is 79.9. The summed E-state index contributed by atoms with van der Waals surface area (Å²) in [6, 6.07) is 7.83. The molecule has 0 fully saturated rings. The van der Waals surface area contributed by atoms with Crippen molar-refractivity contribution < 1.29 is 10.2 Å². The standard InChI is InChI=1S/C13H20BrNO2/c1-10(9-16)15(2)8-7-13(17)11-5-3-4-6-12(11)14/h3-6,10,13,16-17H,7-9H2,1-2H3. The molecule has 0 aliphatic carbocycles. The molecule has 0 heterocycles. The second-order valence-corrected chi connectivity index (χ2v) is 5.19. The number of hydrogen-bond acceptors (Lipinski definition) is 3. The third-order valence-corrected chi connectivity index (χ3v) is 3.76. The largest absolute Gasteiger partial charge is 0.395 e. The number of aliphatic hydroxyl groups is 2. The Labute approximate surface area is 111 Å². The molecule has 0 aliphatic rings. The molecular formula is C13H20BrNO2. The average Bonchev–Trinajstić information content (AvgIpc) is 2.35. The Balaban J connectivity index is 2.50. The molecule has 2 unspecified atom stereocenters. The molecule has 3 nitrogen and oxygen atoms in total. The molecule has 96 valence electrons. The highest BCUT2D eigenvalue weighted by molar-refractivity contribution is 9.10. The first kappa shape index (κ1) is 14.6. The van der Waals surface area contributed by atoms with Crippen molar-refractivity contribution in [1.29, 1.82) is 0 Å². The van der Waals surface area contributed by atoms with Crippen LogP contribution in [0, 0.1) is 0 Å². The van der Waals surface area contributed by atoms with Crippen LogP contribution in [0.1, 0.15) is 25.0 Å². The maximum absolute atomic E-state index is 10.1. The van der Waals surface area contributed by atoms with Crippen LogP contribution >= 0.6 is 15.9 Å². The summed E-state index contributed by atoms with van der Waals surface area (Å²) in [6.07, 6.45) is 0.183. The maximum atomic E-state index is 10.1. The predicted octanol–water partition coefficient (Wildman–Crippen LogP) is 2.19. The Morgan fingerprint density at radius 1 is 1.35 bits per heavy atom. The first-order valence-electron chi connectivity index (χ1n) is 5.79. The molecule has 0 spiro atoms. The Morgan fingerprint density at radius 2 is 2.00 bits per heavy atom. The van der Waals surface area contributed by atoms with Gasteiger partial charge in [0.2, 0.25) is 0 Å². The van der Waals surface area contributed by atoms with Gasteiger partial charge in [-0.15, -0.1) is 0 Å². The van der Waals surface area contributed by atoms with E-state index < -0.39 is 6.10 Å². The minimum absolute atomic E-state index is 0.126. The van der Waals surface area contributed by atoms with Crippen molar-refractivity contribution >= 4 is 15.9 Å². The number of rotatable bonds is 6. The van der Waals surface area contributed by atoms with Crippen LogP contribution in [0.4, 0.5) is 0 Å². The van der Waals surface area contributed by atoms with Gasteiger partial charge < -0.3 is 15.1 Å². The molecule has 0 amide bonds. The number of nitrogens with zero attached hydrogens (tertiary/aromatic N) is 1. The van der Waals surface area contributed by atoms with Gasteiger partial charge in [-0.2, -0.15) is 0 Å². The lowest BCUT2D eigenvalue weighted by Crippen LogP contribution is -2.33. The van der Waals surface area contributed by atoms with Gasteiger partial charge in [0, 0.05) is 17.1 Å². The molecule has 0 saturated heterocycles. The van der Waals surface area contributed by atoms with Crippen LogP contribution in [0.2, 0.25) is 0 Å². The first-order valence-corrected chi connectivity index (χ1v) is 6.59. The number of aliphatic hydroxyl groups excluding tert-OH is 2. The number of hydrogen-bond donors (Lipinski definition) is 2. The molecule has 0 aliphatic heterocycles. The van der Waals surface area contributed by atoms with E-state index in [0.29, 0.717) is 6.42 Å². The van der Waals surface area contributed by atoms with E-state index in [9.17, 15) is 5.11 Å². The molecule has 2 atom stereocenters. The lowest BCUT2D eigenvalue weighted by Gasteiger charge is -2.24. The van der Waals surface area contributed by atoms with E-state index in [1.54, 1.807) is 0 Å². The molecule has 0 saturated carbocycles. The smallest absolute Gasteiger partial charge is 0.0813 e. The Morgan fingerprint density at radius 3 is 2.59 bits per heavy atom. The summed E-state index contributed by atoms with van der Waals surface area (Å²) in [6.45, 7) is 2.86. The third kappa shape index (κ3) is 4.39. The zero-order valence-electron chi connectivity index (χ0n) is 10.3. The molecular weight excluding hydrogens is 282 g/mol. The zero-order chi connectivity index (χ0) is 12.8. The molecule has 4 heteroatoms. The second kappa shape index (κ2) is 7.11. The average molecular weight is 302 g/mol. The van der Waals surface area contributed by atoms with Crippen LogP contribution in [-0.2, 0) is 0 Å². The van der Waals surface area contributed by atoms with Crippen molar-refractivity contribution in [3.63, 3.8) is 0 Å². The van der Waals surface area contributed by atoms with Crippen LogP contribution in [0.25, 0.3) is 0 Å². The summed E-state index contributed by atoms with van der Waals surface area (Å²) in [5.41, 5.74) is 0.914. The molecule has 1 aromatic rings. The monoisotopic (exact) mass is 301 g/mol. The van der Waals surface area contributed by atoms with Gasteiger partial charge in [-0.25, -0.2) is 0 Å². The Kier molecular flexibility index (Phi) is 6.12.